The number of carbonyl (C=O) groups is 1. The van der Waals surface area contributed by atoms with Gasteiger partial charge < -0.3 is 14.0 Å². The highest BCUT2D eigenvalue weighted by Crippen LogP contribution is 2.43. The number of benzene rings is 1. The molecule has 2 aromatic heterocycles. The molecule has 0 saturated carbocycles. The number of rotatable bonds is 4. The summed E-state index contributed by atoms with van der Waals surface area (Å²) in [6, 6.07) is 3.86. The van der Waals surface area contributed by atoms with Crippen molar-refractivity contribution in [2.24, 2.45) is 0 Å². The fourth-order valence-corrected chi connectivity index (χ4v) is 5.19. The first kappa shape index (κ1) is 21.6. The van der Waals surface area contributed by atoms with E-state index in [1.54, 1.807) is 13.0 Å². The molecule has 32 heavy (non-hydrogen) atoms. The van der Waals surface area contributed by atoms with E-state index in [2.05, 4.69) is 15.9 Å². The van der Waals surface area contributed by atoms with Crippen LogP contribution >= 0.6 is 23.2 Å². The Morgan fingerprint density at radius 2 is 2.19 bits per heavy atom. The van der Waals surface area contributed by atoms with Gasteiger partial charge in [-0.1, -0.05) is 29.3 Å². The first-order chi connectivity index (χ1) is 15.6. The second kappa shape index (κ2) is 8.93. The van der Waals surface area contributed by atoms with Crippen molar-refractivity contribution in [3.63, 3.8) is 0 Å². The van der Waals surface area contributed by atoms with Gasteiger partial charge >= 0.3 is 5.97 Å². The van der Waals surface area contributed by atoms with E-state index in [1.165, 1.54) is 5.69 Å². The normalized spacial score (nSPS) is 20.0. The van der Waals surface area contributed by atoms with Crippen LogP contribution < -0.4 is 0 Å². The summed E-state index contributed by atoms with van der Waals surface area (Å²) in [7, 11) is 0. The SMILES string of the molecule is CCOC(=O)/C=C1\CCc2c(-c3cnn(C4CCCCO4)c3)c3ccc(Cl)c(Cl)c3n2C1. The lowest BCUT2D eigenvalue weighted by Gasteiger charge is -2.22. The van der Waals surface area contributed by atoms with E-state index in [0.29, 0.717) is 23.2 Å². The fourth-order valence-electron chi connectivity index (χ4n) is 4.77. The molecule has 5 rings (SSSR count). The maximum atomic E-state index is 12.0. The average Bonchev–Trinajstić information content (AvgIpc) is 3.40. The molecule has 1 unspecified atom stereocenters. The summed E-state index contributed by atoms with van der Waals surface area (Å²) in [6.45, 7) is 3.51. The van der Waals surface area contributed by atoms with Crippen LogP contribution in [0.15, 0.2) is 36.2 Å². The van der Waals surface area contributed by atoms with Crippen molar-refractivity contribution >= 4 is 40.1 Å². The molecule has 2 aliphatic rings. The van der Waals surface area contributed by atoms with Crippen molar-refractivity contribution in [2.45, 2.75) is 51.8 Å². The summed E-state index contributed by atoms with van der Waals surface area (Å²) in [5, 5.41) is 6.69. The zero-order valence-electron chi connectivity index (χ0n) is 17.9. The zero-order chi connectivity index (χ0) is 22.2. The fraction of sp³-hybridized carbons (Fsp3) is 0.417. The monoisotopic (exact) mass is 473 g/mol. The molecule has 6 nitrogen and oxygen atoms in total. The molecule has 0 bridgehead atoms. The van der Waals surface area contributed by atoms with Gasteiger partial charge in [-0.25, -0.2) is 9.48 Å². The summed E-state index contributed by atoms with van der Waals surface area (Å²) < 4.78 is 15.1. The van der Waals surface area contributed by atoms with E-state index >= 15 is 0 Å². The molecule has 0 radical (unpaired) electrons. The first-order valence-corrected chi connectivity index (χ1v) is 11.8. The van der Waals surface area contributed by atoms with Crippen LogP contribution in [0.25, 0.3) is 22.0 Å². The van der Waals surface area contributed by atoms with Crippen molar-refractivity contribution in [3.8, 4) is 11.1 Å². The highest BCUT2D eigenvalue weighted by atomic mass is 35.5. The van der Waals surface area contributed by atoms with E-state index in [4.69, 9.17) is 32.7 Å². The molecule has 1 saturated heterocycles. The Labute approximate surface area is 196 Å². The molecule has 0 amide bonds. The number of allylic oxidation sites excluding steroid dienone is 1. The van der Waals surface area contributed by atoms with E-state index in [-0.39, 0.29) is 12.2 Å². The van der Waals surface area contributed by atoms with Crippen molar-refractivity contribution in [1.82, 2.24) is 14.3 Å². The second-order valence-corrected chi connectivity index (χ2v) is 9.04. The second-order valence-electron chi connectivity index (χ2n) is 8.25. The predicted octanol–water partition coefficient (Wildman–Crippen LogP) is 5.95. The molecule has 0 aliphatic carbocycles. The average molecular weight is 474 g/mol. The number of esters is 1. The molecule has 0 spiro atoms. The predicted molar refractivity (Wildman–Crippen MR) is 125 cm³/mol. The van der Waals surface area contributed by atoms with Gasteiger partial charge in [-0.2, -0.15) is 5.10 Å². The minimum Gasteiger partial charge on any atom is -0.463 e. The number of nitrogens with zero attached hydrogens (tertiary/aromatic N) is 3. The number of hydrogen-bond donors (Lipinski definition) is 0. The van der Waals surface area contributed by atoms with E-state index in [1.807, 2.05) is 23.0 Å². The van der Waals surface area contributed by atoms with Gasteiger partial charge in [0.15, 0.2) is 0 Å². The quantitative estimate of drug-likeness (QED) is 0.347. The minimum atomic E-state index is -0.305. The number of fused-ring (bicyclic) bond motifs is 3. The molecular weight excluding hydrogens is 449 g/mol. The van der Waals surface area contributed by atoms with Crippen molar-refractivity contribution in [2.75, 3.05) is 13.2 Å². The summed E-state index contributed by atoms with van der Waals surface area (Å²) in [5.74, 6) is -0.305. The number of halogens is 2. The Kier molecular flexibility index (Phi) is 6.01. The summed E-state index contributed by atoms with van der Waals surface area (Å²) in [4.78, 5) is 12.0. The Morgan fingerprint density at radius 1 is 1.31 bits per heavy atom. The van der Waals surface area contributed by atoms with Gasteiger partial charge in [-0.15, -0.1) is 0 Å². The molecule has 1 atom stereocenters. The first-order valence-electron chi connectivity index (χ1n) is 11.1. The standard InChI is InChI=1S/C24H25Cl2N3O3/c1-2-31-21(30)11-15-6-9-19-22(16-12-27-29(14-16)20-5-3-4-10-32-20)17-7-8-18(25)23(26)24(17)28(19)13-15/h7-8,11-12,14,20H,2-6,9-10,13H2,1H3/b15-11+. The zero-order valence-corrected chi connectivity index (χ0v) is 19.5. The molecular formula is C24H25Cl2N3O3. The van der Waals surface area contributed by atoms with Crippen LogP contribution in [0.5, 0.6) is 0 Å². The maximum Gasteiger partial charge on any atom is 0.330 e. The maximum absolute atomic E-state index is 12.0. The highest BCUT2D eigenvalue weighted by molar-refractivity contribution is 6.45. The van der Waals surface area contributed by atoms with Gasteiger partial charge in [0.2, 0.25) is 0 Å². The van der Waals surface area contributed by atoms with Gasteiger partial charge in [0.1, 0.15) is 6.23 Å². The third-order valence-corrected chi connectivity index (χ3v) is 7.01. The molecule has 3 aromatic rings. The van der Waals surface area contributed by atoms with Crippen molar-refractivity contribution in [3.05, 3.63) is 51.9 Å². The number of hydrogen-bond acceptors (Lipinski definition) is 4. The molecule has 2 aliphatic heterocycles. The van der Waals surface area contributed by atoms with E-state index < -0.39 is 0 Å². The Morgan fingerprint density at radius 3 is 2.97 bits per heavy atom. The Hall–Kier alpha value is -2.28. The molecule has 4 heterocycles. The van der Waals surface area contributed by atoms with Gasteiger partial charge in [0.05, 0.1) is 28.4 Å². The van der Waals surface area contributed by atoms with Crippen molar-refractivity contribution < 1.29 is 14.3 Å². The molecule has 168 valence electrons. The topological polar surface area (TPSA) is 58.3 Å². The molecule has 0 N–H and O–H groups in total. The van der Waals surface area contributed by atoms with E-state index in [0.717, 1.165) is 66.3 Å². The van der Waals surface area contributed by atoms with Gasteiger partial charge in [-0.05, 0) is 50.7 Å². The third kappa shape index (κ3) is 3.85. The summed E-state index contributed by atoms with van der Waals surface area (Å²) in [6.07, 6.45) is 10.4. The number of carbonyl (C=O) groups excluding carboxylic acids is 1. The van der Waals surface area contributed by atoms with Crippen LogP contribution in [-0.2, 0) is 27.2 Å². The molecule has 1 aromatic carbocycles. The number of ether oxygens (including phenoxy) is 2. The molecule has 1 fully saturated rings. The Bertz CT molecular complexity index is 1210. The van der Waals surface area contributed by atoms with Crippen molar-refractivity contribution in [1.29, 1.82) is 0 Å². The summed E-state index contributed by atoms with van der Waals surface area (Å²) in [5.41, 5.74) is 5.24. The van der Waals surface area contributed by atoms with Crippen LogP contribution in [0.4, 0.5) is 0 Å². The van der Waals surface area contributed by atoms with Crippen LogP contribution in [-0.4, -0.2) is 33.5 Å². The third-order valence-electron chi connectivity index (χ3n) is 6.22. The van der Waals surface area contributed by atoms with Gasteiger partial charge in [-0.3, -0.25) is 0 Å². The number of aromatic nitrogens is 3. The van der Waals surface area contributed by atoms with Gasteiger partial charge in [0.25, 0.3) is 0 Å². The van der Waals surface area contributed by atoms with Crippen LogP contribution in [0.3, 0.4) is 0 Å². The minimum absolute atomic E-state index is 0.0145. The lowest BCUT2D eigenvalue weighted by atomic mass is 9.98. The lowest BCUT2D eigenvalue weighted by Crippen LogP contribution is -2.18. The van der Waals surface area contributed by atoms with E-state index in [9.17, 15) is 4.79 Å². The Balaban J connectivity index is 1.60. The smallest absolute Gasteiger partial charge is 0.330 e. The lowest BCUT2D eigenvalue weighted by molar-refractivity contribution is -0.137. The summed E-state index contributed by atoms with van der Waals surface area (Å²) >= 11 is 13.1. The van der Waals surface area contributed by atoms with Crippen LogP contribution in [0.1, 0.15) is 44.5 Å². The highest BCUT2D eigenvalue weighted by Gasteiger charge is 2.27. The van der Waals surface area contributed by atoms with Crippen LogP contribution in [0.2, 0.25) is 10.0 Å². The van der Waals surface area contributed by atoms with Crippen LogP contribution in [0, 0.1) is 0 Å². The molecule has 8 heteroatoms. The largest absolute Gasteiger partial charge is 0.463 e. The van der Waals surface area contributed by atoms with Gasteiger partial charge in [0, 0.05) is 47.6 Å².